The van der Waals surface area contributed by atoms with Crippen LogP contribution in [0.2, 0.25) is 0 Å². The molecule has 2 aromatic carbocycles. The Hall–Kier alpha value is -3.32. The fourth-order valence-corrected chi connectivity index (χ4v) is 4.22. The van der Waals surface area contributed by atoms with Crippen molar-refractivity contribution in [2.24, 2.45) is 0 Å². The Morgan fingerprint density at radius 1 is 1.21 bits per heavy atom. The highest BCUT2D eigenvalue weighted by Gasteiger charge is 2.17. The van der Waals surface area contributed by atoms with Gasteiger partial charge in [0.2, 0.25) is 0 Å². The Morgan fingerprint density at radius 3 is 2.68 bits per heavy atom. The van der Waals surface area contributed by atoms with E-state index in [0.717, 1.165) is 16.0 Å². The molecule has 2 heterocycles. The van der Waals surface area contributed by atoms with Gasteiger partial charge in [-0.15, -0.1) is 11.3 Å². The second-order valence-corrected chi connectivity index (χ2v) is 7.61. The van der Waals surface area contributed by atoms with Crippen LogP contribution in [0.3, 0.4) is 0 Å². The summed E-state index contributed by atoms with van der Waals surface area (Å²) in [4.78, 5) is 30.3. The molecular weight excluding hydrogens is 379 g/mol. The summed E-state index contributed by atoms with van der Waals surface area (Å²) in [6.45, 7) is 2.12. The van der Waals surface area contributed by atoms with Gasteiger partial charge in [0.05, 0.1) is 23.8 Å². The van der Waals surface area contributed by atoms with E-state index in [9.17, 15) is 14.0 Å². The van der Waals surface area contributed by atoms with E-state index in [2.05, 4.69) is 4.98 Å². The molecule has 7 heteroatoms. The highest BCUT2D eigenvalue weighted by Crippen LogP contribution is 2.35. The fraction of sp³-hybridized carbons (Fsp3) is 0.0952. The Balaban J connectivity index is 1.84. The average molecular weight is 394 g/mol. The van der Waals surface area contributed by atoms with Crippen molar-refractivity contribution in [1.29, 1.82) is 0 Å². The van der Waals surface area contributed by atoms with E-state index in [1.807, 2.05) is 6.92 Å². The first-order valence-electron chi connectivity index (χ1n) is 8.51. The standard InChI is InChI=1S/C21H15FN2O3S/c1-12-17(14-5-7-16(22)8-6-14)18-19(28-12)23-11-24(20(18)25)10-13-3-2-4-15(9-13)21(26)27/h2-9,11H,10H2,1H3,(H,26,27). The van der Waals surface area contributed by atoms with Gasteiger partial charge in [0.25, 0.3) is 5.56 Å². The molecule has 1 N–H and O–H groups in total. The maximum atomic E-state index is 13.3. The second-order valence-electron chi connectivity index (χ2n) is 6.40. The van der Waals surface area contributed by atoms with Gasteiger partial charge in [0, 0.05) is 10.4 Å². The number of carbonyl (C=O) groups is 1. The fourth-order valence-electron chi connectivity index (χ4n) is 3.21. The van der Waals surface area contributed by atoms with Crippen molar-refractivity contribution < 1.29 is 14.3 Å². The highest BCUT2D eigenvalue weighted by molar-refractivity contribution is 7.19. The van der Waals surface area contributed by atoms with Crippen LogP contribution in [-0.2, 0) is 6.54 Å². The summed E-state index contributed by atoms with van der Waals surface area (Å²) in [6, 6.07) is 12.5. The molecule has 0 saturated heterocycles. The SMILES string of the molecule is Cc1sc2ncn(Cc3cccc(C(=O)O)c3)c(=O)c2c1-c1ccc(F)cc1. The molecule has 0 atom stereocenters. The van der Waals surface area contributed by atoms with Gasteiger partial charge in [0.1, 0.15) is 10.6 Å². The van der Waals surface area contributed by atoms with E-state index in [-0.39, 0.29) is 23.5 Å². The number of fused-ring (bicyclic) bond motifs is 1. The number of thiophene rings is 1. The van der Waals surface area contributed by atoms with Crippen LogP contribution in [0.5, 0.6) is 0 Å². The zero-order chi connectivity index (χ0) is 19.8. The zero-order valence-electron chi connectivity index (χ0n) is 14.8. The Kier molecular flexibility index (Phi) is 4.52. The smallest absolute Gasteiger partial charge is 0.335 e. The third-order valence-corrected chi connectivity index (χ3v) is 5.53. The zero-order valence-corrected chi connectivity index (χ0v) is 15.7. The van der Waals surface area contributed by atoms with E-state index in [1.165, 1.54) is 40.4 Å². The molecule has 0 aliphatic rings. The van der Waals surface area contributed by atoms with Gasteiger partial charge in [-0.05, 0) is 42.3 Å². The first-order chi connectivity index (χ1) is 13.4. The molecule has 140 valence electrons. The third kappa shape index (κ3) is 3.20. The number of aromatic carboxylic acids is 1. The number of benzene rings is 2. The van der Waals surface area contributed by atoms with Crippen LogP contribution in [0.1, 0.15) is 20.8 Å². The maximum Gasteiger partial charge on any atom is 0.335 e. The van der Waals surface area contributed by atoms with Crippen molar-refractivity contribution in [2.45, 2.75) is 13.5 Å². The van der Waals surface area contributed by atoms with Crippen molar-refractivity contribution in [1.82, 2.24) is 9.55 Å². The summed E-state index contributed by atoms with van der Waals surface area (Å²) < 4.78 is 14.8. The number of aromatic nitrogens is 2. The number of hydrogen-bond donors (Lipinski definition) is 1. The summed E-state index contributed by atoms with van der Waals surface area (Å²) in [7, 11) is 0. The molecule has 2 aromatic heterocycles. The van der Waals surface area contributed by atoms with Crippen LogP contribution in [0, 0.1) is 12.7 Å². The lowest BCUT2D eigenvalue weighted by Crippen LogP contribution is -2.21. The lowest BCUT2D eigenvalue weighted by atomic mass is 10.0. The molecule has 0 aliphatic heterocycles. The molecule has 4 rings (SSSR count). The van der Waals surface area contributed by atoms with E-state index in [4.69, 9.17) is 5.11 Å². The first kappa shape index (κ1) is 18.1. The number of aryl methyl sites for hydroxylation is 1. The molecule has 28 heavy (non-hydrogen) atoms. The topological polar surface area (TPSA) is 72.2 Å². The van der Waals surface area contributed by atoms with E-state index in [0.29, 0.717) is 15.8 Å². The van der Waals surface area contributed by atoms with Crippen LogP contribution in [0.25, 0.3) is 21.3 Å². The average Bonchev–Trinajstić information content (AvgIpc) is 3.02. The number of carboxylic acid groups (broad SMARTS) is 1. The molecule has 0 amide bonds. The quantitative estimate of drug-likeness (QED) is 0.560. The summed E-state index contributed by atoms with van der Waals surface area (Å²) in [5, 5.41) is 9.64. The number of halogens is 1. The van der Waals surface area contributed by atoms with Crippen LogP contribution < -0.4 is 5.56 Å². The molecule has 4 aromatic rings. The van der Waals surface area contributed by atoms with Gasteiger partial charge in [-0.25, -0.2) is 14.2 Å². The highest BCUT2D eigenvalue weighted by atomic mass is 32.1. The van der Waals surface area contributed by atoms with E-state index >= 15 is 0 Å². The summed E-state index contributed by atoms with van der Waals surface area (Å²) in [6.07, 6.45) is 1.47. The normalized spacial score (nSPS) is 11.1. The largest absolute Gasteiger partial charge is 0.478 e. The van der Waals surface area contributed by atoms with Crippen molar-refractivity contribution in [2.75, 3.05) is 0 Å². The Morgan fingerprint density at radius 2 is 1.96 bits per heavy atom. The van der Waals surface area contributed by atoms with Crippen molar-refractivity contribution in [3.63, 3.8) is 0 Å². The molecule has 0 spiro atoms. The lowest BCUT2D eigenvalue weighted by molar-refractivity contribution is 0.0696. The molecule has 0 radical (unpaired) electrons. The molecule has 0 aliphatic carbocycles. The molecule has 0 unspecified atom stereocenters. The molecule has 0 fully saturated rings. The van der Waals surface area contributed by atoms with Crippen molar-refractivity contribution in [3.8, 4) is 11.1 Å². The van der Waals surface area contributed by atoms with Gasteiger partial charge >= 0.3 is 5.97 Å². The van der Waals surface area contributed by atoms with Crippen molar-refractivity contribution in [3.05, 3.63) is 87.0 Å². The Labute approximate surface area is 163 Å². The second kappa shape index (κ2) is 7.01. The Bertz CT molecular complexity index is 1260. The summed E-state index contributed by atoms with van der Waals surface area (Å²) in [5.74, 6) is -1.36. The van der Waals surface area contributed by atoms with Gasteiger partial charge in [0.15, 0.2) is 0 Å². The number of rotatable bonds is 4. The molecule has 0 saturated carbocycles. The van der Waals surface area contributed by atoms with Crippen LogP contribution in [0.4, 0.5) is 4.39 Å². The van der Waals surface area contributed by atoms with Crippen LogP contribution in [0.15, 0.2) is 59.7 Å². The van der Waals surface area contributed by atoms with Crippen LogP contribution in [-0.4, -0.2) is 20.6 Å². The van der Waals surface area contributed by atoms with Crippen LogP contribution >= 0.6 is 11.3 Å². The number of hydrogen-bond acceptors (Lipinski definition) is 4. The molecule has 0 bridgehead atoms. The predicted molar refractivity (Wildman–Crippen MR) is 107 cm³/mol. The van der Waals surface area contributed by atoms with Gasteiger partial charge in [-0.1, -0.05) is 24.3 Å². The van der Waals surface area contributed by atoms with Crippen molar-refractivity contribution >= 4 is 27.5 Å². The summed E-state index contributed by atoms with van der Waals surface area (Å²) in [5.41, 5.74) is 2.16. The lowest BCUT2D eigenvalue weighted by Gasteiger charge is -2.08. The predicted octanol–water partition coefficient (Wildman–Crippen LogP) is 4.32. The minimum absolute atomic E-state index is 0.165. The van der Waals surface area contributed by atoms with E-state index in [1.54, 1.807) is 30.3 Å². The first-order valence-corrected chi connectivity index (χ1v) is 9.32. The maximum absolute atomic E-state index is 13.3. The number of nitrogens with zero attached hydrogens (tertiary/aromatic N) is 2. The molecule has 5 nitrogen and oxygen atoms in total. The monoisotopic (exact) mass is 394 g/mol. The van der Waals surface area contributed by atoms with Gasteiger partial charge in [-0.2, -0.15) is 0 Å². The minimum atomic E-state index is -1.02. The van der Waals surface area contributed by atoms with Gasteiger partial charge < -0.3 is 5.11 Å². The van der Waals surface area contributed by atoms with Gasteiger partial charge in [-0.3, -0.25) is 9.36 Å². The summed E-state index contributed by atoms with van der Waals surface area (Å²) >= 11 is 1.42. The third-order valence-electron chi connectivity index (χ3n) is 4.51. The number of carboxylic acids is 1. The minimum Gasteiger partial charge on any atom is -0.478 e. The molecular formula is C21H15FN2O3S. The van der Waals surface area contributed by atoms with E-state index < -0.39 is 5.97 Å².